The van der Waals surface area contributed by atoms with Crippen molar-refractivity contribution in [2.24, 2.45) is 0 Å². The van der Waals surface area contributed by atoms with Crippen LogP contribution in [-0.4, -0.2) is 25.9 Å². The van der Waals surface area contributed by atoms with E-state index in [4.69, 9.17) is 16.3 Å². The fraction of sp³-hybridized carbons (Fsp3) is 0.160. The molecule has 0 spiro atoms. The fourth-order valence-corrected chi connectivity index (χ4v) is 4.96. The van der Waals surface area contributed by atoms with Gasteiger partial charge in [-0.1, -0.05) is 83.5 Å². The molecule has 0 radical (unpaired) electrons. The second-order valence-electron chi connectivity index (χ2n) is 7.76. The number of hydrogen-bond donors (Lipinski definition) is 1. The summed E-state index contributed by atoms with van der Waals surface area (Å²) in [5.74, 6) is 1.41. The van der Waals surface area contributed by atoms with Crippen molar-refractivity contribution in [1.82, 2.24) is 14.9 Å². The van der Waals surface area contributed by atoms with Gasteiger partial charge in [-0.25, -0.2) is 4.68 Å². The van der Waals surface area contributed by atoms with E-state index in [1.165, 1.54) is 17.3 Å². The summed E-state index contributed by atoms with van der Waals surface area (Å²) in [5.41, 5.74) is 6.23. The third kappa shape index (κ3) is 4.60. The van der Waals surface area contributed by atoms with Gasteiger partial charge >= 0.3 is 0 Å². The number of nitrogens with zero attached hydrogens (tertiary/aromatic N) is 3. The van der Waals surface area contributed by atoms with Gasteiger partial charge < -0.3 is 10.2 Å². The van der Waals surface area contributed by atoms with Crippen LogP contribution in [0.4, 0.5) is 0 Å². The Morgan fingerprint density at radius 2 is 1.76 bits per heavy atom. The van der Waals surface area contributed by atoms with Crippen molar-refractivity contribution in [3.8, 4) is 5.75 Å². The summed E-state index contributed by atoms with van der Waals surface area (Å²) in [6.07, 6.45) is 0. The molecule has 1 aromatic heterocycles. The molecule has 0 bridgehead atoms. The Balaban J connectivity index is 1.44. The van der Waals surface area contributed by atoms with Crippen molar-refractivity contribution in [2.75, 3.05) is 5.43 Å². The van der Waals surface area contributed by atoms with Gasteiger partial charge in [0.1, 0.15) is 17.6 Å². The van der Waals surface area contributed by atoms with Crippen molar-refractivity contribution in [3.05, 3.63) is 106 Å². The minimum atomic E-state index is -0.420. The standard InChI is InChI=1S/C25H21ClN4O2S/c1-16-7-13-20(14-8-16)32-15-21-27-28-25-30(21)29-22(17-9-11-19(26)12-10-17)24(33-25)23(31)18-5-3-2-4-6-18/h2-14,22,24,29H,15H2,1H3/t22-,24-/m0/s1. The van der Waals surface area contributed by atoms with Gasteiger partial charge in [-0.2, -0.15) is 0 Å². The first-order chi connectivity index (χ1) is 16.1. The Bertz CT molecular complexity index is 1260. The summed E-state index contributed by atoms with van der Waals surface area (Å²) >= 11 is 7.51. The molecule has 1 aliphatic rings. The van der Waals surface area contributed by atoms with Gasteiger partial charge in [-0.05, 0) is 36.8 Å². The quantitative estimate of drug-likeness (QED) is 0.372. The van der Waals surface area contributed by atoms with Crippen LogP contribution in [0.3, 0.4) is 0 Å². The number of ether oxygens (including phenoxy) is 1. The maximum Gasteiger partial charge on any atom is 0.210 e. The highest BCUT2D eigenvalue weighted by Crippen LogP contribution is 2.39. The first-order valence-electron chi connectivity index (χ1n) is 10.5. The minimum absolute atomic E-state index is 0.0276. The smallest absolute Gasteiger partial charge is 0.210 e. The Kier molecular flexibility index (Phi) is 6.07. The van der Waals surface area contributed by atoms with E-state index in [-0.39, 0.29) is 18.4 Å². The van der Waals surface area contributed by atoms with Crippen LogP contribution in [0, 0.1) is 6.92 Å². The van der Waals surface area contributed by atoms with Gasteiger partial charge in [-0.15, -0.1) is 10.2 Å². The number of aromatic nitrogens is 3. The number of aryl methyl sites for hydroxylation is 1. The Morgan fingerprint density at radius 1 is 1.03 bits per heavy atom. The van der Waals surface area contributed by atoms with E-state index in [1.807, 2.05) is 90.5 Å². The second kappa shape index (κ2) is 9.29. The van der Waals surface area contributed by atoms with E-state index in [2.05, 4.69) is 15.6 Å². The first kappa shape index (κ1) is 21.6. The van der Waals surface area contributed by atoms with Crippen molar-refractivity contribution in [1.29, 1.82) is 0 Å². The summed E-state index contributed by atoms with van der Waals surface area (Å²) in [4.78, 5) is 13.4. The van der Waals surface area contributed by atoms with E-state index in [1.54, 1.807) is 0 Å². The van der Waals surface area contributed by atoms with Crippen LogP contribution in [0.2, 0.25) is 5.02 Å². The van der Waals surface area contributed by atoms with Crippen molar-refractivity contribution < 1.29 is 9.53 Å². The van der Waals surface area contributed by atoms with Crippen molar-refractivity contribution in [3.63, 3.8) is 0 Å². The van der Waals surface area contributed by atoms with Crippen LogP contribution in [0.15, 0.2) is 84.0 Å². The molecule has 8 heteroatoms. The maximum atomic E-state index is 13.4. The van der Waals surface area contributed by atoms with E-state index in [0.29, 0.717) is 21.6 Å². The molecule has 1 aliphatic heterocycles. The Hall–Kier alpha value is -3.29. The number of rotatable bonds is 6. The molecule has 33 heavy (non-hydrogen) atoms. The van der Waals surface area contributed by atoms with Crippen molar-refractivity contribution >= 4 is 29.1 Å². The van der Waals surface area contributed by atoms with E-state index in [0.717, 1.165) is 11.3 Å². The lowest BCUT2D eigenvalue weighted by atomic mass is 9.97. The number of fused-ring (bicyclic) bond motifs is 1. The number of carbonyl (C=O) groups is 1. The second-order valence-corrected chi connectivity index (χ2v) is 9.31. The first-order valence-corrected chi connectivity index (χ1v) is 11.8. The molecule has 4 aromatic rings. The predicted molar refractivity (Wildman–Crippen MR) is 130 cm³/mol. The zero-order chi connectivity index (χ0) is 22.8. The number of carbonyl (C=O) groups excluding carboxylic acids is 1. The number of benzene rings is 3. The van der Waals surface area contributed by atoms with Crippen LogP contribution in [0.25, 0.3) is 0 Å². The number of thioether (sulfide) groups is 1. The number of Topliss-reactive ketones (excluding diaryl/α,β-unsaturated/α-hetero) is 1. The molecule has 166 valence electrons. The van der Waals surface area contributed by atoms with Gasteiger partial charge in [0.25, 0.3) is 0 Å². The number of ketones is 1. The number of halogens is 1. The molecule has 0 saturated carbocycles. The lowest BCUT2D eigenvalue weighted by Crippen LogP contribution is -2.39. The molecule has 3 aromatic carbocycles. The molecule has 0 saturated heterocycles. The highest BCUT2D eigenvalue weighted by Gasteiger charge is 2.38. The molecule has 0 unspecified atom stereocenters. The summed E-state index contributed by atoms with van der Waals surface area (Å²) in [6.45, 7) is 2.28. The monoisotopic (exact) mass is 476 g/mol. The molecule has 0 amide bonds. The molecule has 1 N–H and O–H groups in total. The fourth-order valence-electron chi connectivity index (χ4n) is 3.66. The van der Waals surface area contributed by atoms with Gasteiger partial charge in [0.2, 0.25) is 5.16 Å². The normalized spacial score (nSPS) is 17.2. The van der Waals surface area contributed by atoms with Gasteiger partial charge in [-0.3, -0.25) is 4.79 Å². The Morgan fingerprint density at radius 3 is 2.48 bits per heavy atom. The zero-order valence-corrected chi connectivity index (χ0v) is 19.4. The molecule has 0 aliphatic carbocycles. The van der Waals surface area contributed by atoms with Gasteiger partial charge in [0.05, 0.1) is 6.04 Å². The predicted octanol–water partition coefficient (Wildman–Crippen LogP) is 5.46. The summed E-state index contributed by atoms with van der Waals surface area (Å²) in [5, 5.41) is 9.47. The number of hydrogen-bond acceptors (Lipinski definition) is 6. The largest absolute Gasteiger partial charge is 0.486 e. The van der Waals surface area contributed by atoms with Crippen LogP contribution < -0.4 is 10.2 Å². The third-order valence-electron chi connectivity index (χ3n) is 5.44. The maximum absolute atomic E-state index is 13.4. The van der Waals surface area contributed by atoms with Crippen LogP contribution >= 0.6 is 23.4 Å². The minimum Gasteiger partial charge on any atom is -0.486 e. The summed E-state index contributed by atoms with van der Waals surface area (Å²) < 4.78 is 7.73. The molecule has 2 heterocycles. The van der Waals surface area contributed by atoms with E-state index < -0.39 is 5.25 Å². The lowest BCUT2D eigenvalue weighted by molar-refractivity contribution is 0.0980. The van der Waals surface area contributed by atoms with Crippen molar-refractivity contribution in [2.45, 2.75) is 30.0 Å². The average Bonchev–Trinajstić information content (AvgIpc) is 3.25. The molecular weight excluding hydrogens is 456 g/mol. The molecule has 5 rings (SSSR count). The number of nitrogens with one attached hydrogen (secondary N) is 1. The topological polar surface area (TPSA) is 69.0 Å². The van der Waals surface area contributed by atoms with Crippen LogP contribution in [0.5, 0.6) is 5.75 Å². The van der Waals surface area contributed by atoms with E-state index >= 15 is 0 Å². The van der Waals surface area contributed by atoms with Gasteiger partial charge in [0, 0.05) is 10.6 Å². The molecule has 0 fully saturated rings. The Labute approximate surface area is 200 Å². The SMILES string of the molecule is Cc1ccc(OCc2nnc3n2N[C@@H](c2ccc(Cl)cc2)[C@@H](C(=O)c2ccccc2)S3)cc1. The van der Waals surface area contributed by atoms with Crippen LogP contribution in [0.1, 0.15) is 33.4 Å². The molecular formula is C25H21ClN4O2S. The zero-order valence-electron chi connectivity index (χ0n) is 17.8. The van der Waals surface area contributed by atoms with E-state index in [9.17, 15) is 4.79 Å². The van der Waals surface area contributed by atoms with Crippen LogP contribution in [-0.2, 0) is 6.61 Å². The highest BCUT2D eigenvalue weighted by molar-refractivity contribution is 8.00. The average molecular weight is 477 g/mol. The highest BCUT2D eigenvalue weighted by atomic mass is 35.5. The molecule has 6 nitrogen and oxygen atoms in total. The summed E-state index contributed by atoms with van der Waals surface area (Å²) in [6, 6.07) is 24.4. The molecule has 2 atom stereocenters. The van der Waals surface area contributed by atoms with Gasteiger partial charge in [0.15, 0.2) is 11.6 Å². The lowest BCUT2D eigenvalue weighted by Gasteiger charge is -2.33. The summed E-state index contributed by atoms with van der Waals surface area (Å²) in [7, 11) is 0. The third-order valence-corrected chi connectivity index (χ3v) is 6.91.